The fourth-order valence-corrected chi connectivity index (χ4v) is 1.54. The number of thiophene rings is 1. The van der Waals surface area contributed by atoms with E-state index in [0.29, 0.717) is 5.57 Å². The fourth-order valence-electron chi connectivity index (χ4n) is 0.664. The van der Waals surface area contributed by atoms with Gasteiger partial charge in [-0.3, -0.25) is 0 Å². The molecule has 0 amide bonds. The third-order valence-electron chi connectivity index (χ3n) is 1.19. The van der Waals surface area contributed by atoms with E-state index in [1.54, 1.807) is 17.4 Å². The van der Waals surface area contributed by atoms with Crippen molar-refractivity contribution in [2.75, 3.05) is 0 Å². The first-order chi connectivity index (χ1) is 5.74. The van der Waals surface area contributed by atoms with Crippen molar-refractivity contribution in [1.29, 1.82) is 10.7 Å². The van der Waals surface area contributed by atoms with Gasteiger partial charge in [0.05, 0.1) is 0 Å². The van der Waals surface area contributed by atoms with Crippen LogP contribution >= 0.6 is 11.3 Å². The van der Waals surface area contributed by atoms with Crippen LogP contribution in [0.1, 0.15) is 4.88 Å². The second-order valence-electron chi connectivity index (χ2n) is 2.01. The van der Waals surface area contributed by atoms with E-state index in [0.717, 1.165) is 4.88 Å². The zero-order chi connectivity index (χ0) is 8.97. The summed E-state index contributed by atoms with van der Waals surface area (Å²) in [7, 11) is 0. The molecule has 1 rings (SSSR count). The van der Waals surface area contributed by atoms with Gasteiger partial charge in [-0.2, -0.15) is 0 Å². The maximum atomic E-state index is 8.62. The van der Waals surface area contributed by atoms with E-state index < -0.39 is 0 Å². The Morgan fingerprint density at radius 1 is 1.75 bits per heavy atom. The average molecular weight is 240 g/mol. The van der Waals surface area contributed by atoms with Crippen molar-refractivity contribution in [2.24, 2.45) is 0 Å². The Morgan fingerprint density at radius 3 is 2.92 bits per heavy atom. The fraction of sp³-hybridized carbons (Fsp3) is 0. The Morgan fingerprint density at radius 2 is 2.50 bits per heavy atom. The summed E-state index contributed by atoms with van der Waals surface area (Å²) in [6, 6.07) is 5.77. The van der Waals surface area contributed by atoms with Gasteiger partial charge in [0.2, 0.25) is 0 Å². The second kappa shape index (κ2) is 4.22. The van der Waals surface area contributed by atoms with Gasteiger partial charge in [0.25, 0.3) is 0 Å². The normalized spacial score (nSPS) is 10.8. The molecule has 0 bridgehead atoms. The Kier molecular flexibility index (Phi) is 3.24. The number of nitrogens with one attached hydrogen (secondary N) is 1. The van der Waals surface area contributed by atoms with Crippen molar-refractivity contribution in [3.63, 3.8) is 0 Å². The van der Waals surface area contributed by atoms with Gasteiger partial charge in [0.15, 0.2) is 0 Å². The summed E-state index contributed by atoms with van der Waals surface area (Å²) in [4.78, 5) is 0.992. The molecule has 1 heterocycles. The molecule has 2 nitrogen and oxygen atoms in total. The Labute approximate surface area is 82.9 Å². The molecule has 0 unspecified atom stereocenters. The third kappa shape index (κ3) is 2.31. The van der Waals surface area contributed by atoms with Crippen LogP contribution in [-0.4, -0.2) is 20.6 Å². The minimum absolute atomic E-state index is 0.186. The molecule has 0 aliphatic heterocycles. The van der Waals surface area contributed by atoms with Crippen LogP contribution in [0.3, 0.4) is 0 Å². The SMILES string of the molecule is N#C/C(=C\c1cccs1)C(=N)[Se]. The third-order valence-corrected chi connectivity index (χ3v) is 2.48. The van der Waals surface area contributed by atoms with Crippen LogP contribution < -0.4 is 0 Å². The second-order valence-corrected chi connectivity index (χ2v) is 3.85. The summed E-state index contributed by atoms with van der Waals surface area (Å²) in [5.41, 5.74) is 0.373. The Bertz CT molecular complexity index is 346. The van der Waals surface area contributed by atoms with Crippen molar-refractivity contribution >= 4 is 38.0 Å². The Hall–Kier alpha value is -0.881. The summed E-state index contributed by atoms with van der Waals surface area (Å²) in [5, 5.41) is 17.8. The molecule has 0 aliphatic rings. The standard InChI is InChI=1S/C8H5N2SSe/c9-5-6(8(10)12)4-7-2-1-3-11-7/h1-4,10H/b6-4+,10-8?. The number of nitrogens with zero attached hydrogens (tertiary/aromatic N) is 1. The molecule has 0 fully saturated rings. The van der Waals surface area contributed by atoms with Crippen LogP contribution in [0, 0.1) is 16.7 Å². The molecule has 1 aromatic heterocycles. The first-order valence-electron chi connectivity index (χ1n) is 3.15. The average Bonchev–Trinajstić information content (AvgIpc) is 2.51. The molecule has 1 aromatic rings. The number of nitriles is 1. The van der Waals surface area contributed by atoms with Gasteiger partial charge < -0.3 is 0 Å². The first kappa shape index (κ1) is 9.21. The van der Waals surface area contributed by atoms with Gasteiger partial charge in [0, 0.05) is 0 Å². The van der Waals surface area contributed by atoms with Gasteiger partial charge in [-0.1, -0.05) is 0 Å². The van der Waals surface area contributed by atoms with Gasteiger partial charge in [-0.25, -0.2) is 0 Å². The van der Waals surface area contributed by atoms with Crippen molar-refractivity contribution in [3.8, 4) is 6.07 Å². The molecular weight excluding hydrogens is 235 g/mol. The maximum absolute atomic E-state index is 8.62. The van der Waals surface area contributed by atoms with Crippen molar-refractivity contribution < 1.29 is 0 Å². The van der Waals surface area contributed by atoms with E-state index in [4.69, 9.17) is 10.7 Å². The van der Waals surface area contributed by atoms with Gasteiger partial charge in [-0.05, 0) is 0 Å². The van der Waals surface area contributed by atoms with Crippen LogP contribution in [-0.2, 0) is 0 Å². The predicted molar refractivity (Wildman–Crippen MR) is 51.4 cm³/mol. The first-order valence-corrected chi connectivity index (χ1v) is 4.89. The predicted octanol–water partition coefficient (Wildman–Crippen LogP) is 1.80. The van der Waals surface area contributed by atoms with E-state index in [9.17, 15) is 0 Å². The van der Waals surface area contributed by atoms with Gasteiger partial charge >= 0.3 is 82.7 Å². The summed E-state index contributed by atoms with van der Waals surface area (Å²) in [6.07, 6.45) is 1.70. The molecule has 0 saturated heterocycles. The summed E-state index contributed by atoms with van der Waals surface area (Å²) in [6.45, 7) is 0. The van der Waals surface area contributed by atoms with Crippen LogP contribution in [0.25, 0.3) is 6.08 Å². The molecule has 59 valence electrons. The van der Waals surface area contributed by atoms with E-state index in [2.05, 4.69) is 16.0 Å². The quantitative estimate of drug-likeness (QED) is 0.478. The van der Waals surface area contributed by atoms with Crippen molar-refractivity contribution in [2.45, 2.75) is 0 Å². The summed E-state index contributed by atoms with van der Waals surface area (Å²) < 4.78 is 0.186. The monoisotopic (exact) mass is 241 g/mol. The number of hydrogen-bond acceptors (Lipinski definition) is 3. The van der Waals surface area contributed by atoms with Crippen LogP contribution in [0.2, 0.25) is 0 Å². The summed E-state index contributed by atoms with van der Waals surface area (Å²) >= 11 is 4.05. The van der Waals surface area contributed by atoms with Crippen molar-refractivity contribution in [3.05, 3.63) is 28.0 Å². The zero-order valence-corrected chi connectivity index (χ0v) is 8.60. The van der Waals surface area contributed by atoms with Gasteiger partial charge in [0.1, 0.15) is 0 Å². The van der Waals surface area contributed by atoms with E-state index in [1.807, 2.05) is 23.6 Å². The number of hydrogen-bond donors (Lipinski definition) is 1. The molecular formula is C8H5N2SSe. The zero-order valence-electron chi connectivity index (χ0n) is 6.07. The van der Waals surface area contributed by atoms with E-state index in [-0.39, 0.29) is 4.61 Å². The molecule has 12 heavy (non-hydrogen) atoms. The molecule has 0 atom stereocenters. The molecule has 0 saturated carbocycles. The van der Waals surface area contributed by atoms with Crippen molar-refractivity contribution in [1.82, 2.24) is 0 Å². The topological polar surface area (TPSA) is 47.6 Å². The molecule has 4 heteroatoms. The van der Waals surface area contributed by atoms with E-state index >= 15 is 0 Å². The molecule has 1 radical (unpaired) electrons. The molecule has 0 aliphatic carbocycles. The molecule has 0 spiro atoms. The van der Waals surface area contributed by atoms with Crippen LogP contribution in [0.15, 0.2) is 23.1 Å². The Balaban J connectivity index is 2.95. The van der Waals surface area contributed by atoms with Crippen LogP contribution in [0.5, 0.6) is 0 Å². The van der Waals surface area contributed by atoms with Crippen LogP contribution in [0.4, 0.5) is 0 Å². The number of allylic oxidation sites excluding steroid dienone is 1. The summed E-state index contributed by atoms with van der Waals surface area (Å²) in [5.74, 6) is 0. The van der Waals surface area contributed by atoms with Gasteiger partial charge in [-0.15, -0.1) is 0 Å². The van der Waals surface area contributed by atoms with E-state index in [1.165, 1.54) is 0 Å². The number of rotatable bonds is 2. The minimum atomic E-state index is 0.186. The molecule has 1 N–H and O–H groups in total. The molecule has 0 aromatic carbocycles.